The summed E-state index contributed by atoms with van der Waals surface area (Å²) in [6.45, 7) is 11.4. The molecule has 17 nitrogen and oxygen atoms in total. The summed E-state index contributed by atoms with van der Waals surface area (Å²) in [5, 5.41) is 6.43. The summed E-state index contributed by atoms with van der Waals surface area (Å²) in [6.07, 6.45) is 7.65. The Labute approximate surface area is 427 Å². The first-order chi connectivity index (χ1) is 35.1. The van der Waals surface area contributed by atoms with Crippen LogP contribution in [0.1, 0.15) is 119 Å². The van der Waals surface area contributed by atoms with Gasteiger partial charge < -0.3 is 49.3 Å². The summed E-state index contributed by atoms with van der Waals surface area (Å²) < 4.78 is 41.7. The van der Waals surface area contributed by atoms with Gasteiger partial charge in [-0.25, -0.2) is 23.9 Å². The average molecular weight is 1020 g/mol. The molecule has 2 aromatic carbocycles. The van der Waals surface area contributed by atoms with Crippen LogP contribution in [0.5, 0.6) is 5.75 Å². The molecule has 73 heavy (non-hydrogen) atoms. The molecular weight excluding hydrogens is 954 g/mol. The van der Waals surface area contributed by atoms with Gasteiger partial charge in [-0.05, 0) is 113 Å². The number of carbonyl (C=O) groups is 4. The number of hydrogen-bond donors (Lipinski definition) is 4. The van der Waals surface area contributed by atoms with Crippen LogP contribution in [-0.2, 0) is 30.2 Å². The Hall–Kier alpha value is -6.73. The molecule has 4 aliphatic heterocycles. The lowest BCUT2D eigenvalue weighted by atomic mass is 9.82. The maximum Gasteiger partial charge on any atom is 0.407 e. The fourth-order valence-corrected chi connectivity index (χ4v) is 12.5. The second kappa shape index (κ2) is 20.3. The van der Waals surface area contributed by atoms with Crippen molar-refractivity contribution in [3.63, 3.8) is 0 Å². The van der Waals surface area contributed by atoms with Gasteiger partial charge in [0.15, 0.2) is 0 Å². The molecule has 6 aromatic rings. The Morgan fingerprint density at radius 2 is 1.53 bits per heavy atom. The first-order valence-corrected chi connectivity index (χ1v) is 26.3. The number of fused-ring (bicyclic) bond motifs is 5. The number of methoxy groups -OCH3 is 2. The van der Waals surface area contributed by atoms with Gasteiger partial charge in [-0.2, -0.15) is 0 Å². The van der Waals surface area contributed by atoms with Gasteiger partial charge in [0.25, 0.3) is 0 Å². The number of H-pyrrole nitrogens is 2. The number of ether oxygens (including phenoxy) is 4. The number of alkyl carbamates (subject to hydrolysis) is 2. The van der Waals surface area contributed by atoms with Crippen molar-refractivity contribution < 1.29 is 42.5 Å². The quantitative estimate of drug-likeness (QED) is 0.0864. The highest BCUT2D eigenvalue weighted by atomic mass is 32.1. The third-order valence-corrected chi connectivity index (χ3v) is 16.1. The topological polar surface area (TPSA) is 198 Å². The molecule has 6 atom stereocenters. The number of aryl methyl sites for hydroxylation is 1. The van der Waals surface area contributed by atoms with Crippen molar-refractivity contribution >= 4 is 46.2 Å². The molecule has 3 fully saturated rings. The van der Waals surface area contributed by atoms with Gasteiger partial charge >= 0.3 is 12.2 Å². The van der Waals surface area contributed by atoms with Crippen molar-refractivity contribution in [2.24, 2.45) is 11.8 Å². The lowest BCUT2D eigenvalue weighted by molar-refractivity contribution is -0.139. The number of nitrogens with one attached hydrogen (secondary N) is 4. The highest BCUT2D eigenvalue weighted by Crippen LogP contribution is 2.49. The van der Waals surface area contributed by atoms with E-state index >= 15 is 4.39 Å². The van der Waals surface area contributed by atoms with Crippen LogP contribution >= 0.6 is 11.3 Å². The number of aromatic amines is 2. The van der Waals surface area contributed by atoms with E-state index in [1.54, 1.807) is 28.6 Å². The molecule has 4 amide bonds. The third-order valence-electron chi connectivity index (χ3n) is 14.9. The second-order valence-corrected chi connectivity index (χ2v) is 21.8. The molecule has 386 valence electrons. The first-order valence-electron chi connectivity index (χ1n) is 25.4. The Bertz CT molecular complexity index is 3050. The molecule has 0 spiro atoms. The number of benzene rings is 2. The molecule has 8 heterocycles. The van der Waals surface area contributed by atoms with E-state index in [1.807, 2.05) is 56.9 Å². The van der Waals surface area contributed by atoms with Crippen LogP contribution in [0.15, 0.2) is 60.9 Å². The van der Waals surface area contributed by atoms with Crippen LogP contribution in [0.4, 0.5) is 14.0 Å². The number of likely N-dealkylation sites (tertiary alicyclic amines) is 2. The fourth-order valence-electron chi connectivity index (χ4n) is 11.3. The molecule has 4 aromatic heterocycles. The van der Waals surface area contributed by atoms with E-state index in [0.717, 1.165) is 52.7 Å². The Morgan fingerprint density at radius 3 is 2.19 bits per heavy atom. The number of imidazole rings is 2. The molecule has 0 bridgehead atoms. The summed E-state index contributed by atoms with van der Waals surface area (Å²) in [5.41, 5.74) is 4.20. The number of rotatable bonds is 13. The lowest BCUT2D eigenvalue weighted by Gasteiger charge is -2.40. The van der Waals surface area contributed by atoms with E-state index in [4.69, 9.17) is 28.9 Å². The van der Waals surface area contributed by atoms with Crippen molar-refractivity contribution in [3.8, 4) is 39.5 Å². The number of halogens is 1. The van der Waals surface area contributed by atoms with E-state index in [9.17, 15) is 19.2 Å². The predicted octanol–water partition coefficient (Wildman–Crippen LogP) is 9.82. The highest BCUT2D eigenvalue weighted by molar-refractivity contribution is 7.12. The number of aromatic nitrogens is 5. The zero-order valence-electron chi connectivity index (χ0n) is 42.4. The molecule has 0 unspecified atom stereocenters. The van der Waals surface area contributed by atoms with Gasteiger partial charge in [0.2, 0.25) is 18.0 Å². The van der Waals surface area contributed by atoms with Gasteiger partial charge in [0.1, 0.15) is 35.3 Å². The van der Waals surface area contributed by atoms with Crippen LogP contribution in [-0.4, -0.2) is 110 Å². The molecule has 4 N–H and O–H groups in total. The van der Waals surface area contributed by atoms with Crippen molar-refractivity contribution in [2.45, 2.75) is 122 Å². The van der Waals surface area contributed by atoms with Crippen molar-refractivity contribution in [1.29, 1.82) is 0 Å². The summed E-state index contributed by atoms with van der Waals surface area (Å²) in [7, 11) is 2.57. The fraction of sp³-hybridized carbons (Fsp3) is 0.481. The SMILES string of the molecule is CCCc1ccc([C@@H]2Oc3cc(-c4cnc([C@@H]5CCCN5C(=O)[C@@H](NC(=O)OC)C(C)C)[nH]4)cc(F)c3-c3cc4cc(-c5cnc([C@@H]6CCCN6C(=O)[C@@H](NC(=O)OC)[C@@H]6CCOC(C)(C)C6)[nH]5)ccc4n32)s1. The number of amides is 4. The van der Waals surface area contributed by atoms with Crippen LogP contribution in [0, 0.1) is 17.7 Å². The van der Waals surface area contributed by atoms with E-state index in [-0.39, 0.29) is 35.7 Å². The normalized spacial score (nSPS) is 21.1. The predicted molar refractivity (Wildman–Crippen MR) is 273 cm³/mol. The van der Waals surface area contributed by atoms with Crippen molar-refractivity contribution in [1.82, 2.24) is 44.9 Å². The molecule has 0 saturated carbocycles. The lowest BCUT2D eigenvalue weighted by Crippen LogP contribution is -2.54. The standard InChI is InChI=1S/C54H64FN9O8S/c1-8-11-34-15-17-43(73-34)51-64-38-16-14-30(36-27-56-47(58-36)40-13-10-20-63(40)50(66)46(61-53(68)70-7)31-18-21-71-54(4,5)26-31)22-33(38)24-41(64)44-35(55)23-32(25-42(44)72-51)37-28-57-48(59-37)39-12-9-19-62(39)49(65)45(29(2)3)60-52(67)69-6/h14-17,22-25,27-29,31,39-40,45-46,51H,8-13,18-21,26H2,1-7H3,(H,56,58)(H,57,59)(H,60,67)(H,61,68)/t31-,39+,40+,45+,46+,51+/m1/s1. The van der Waals surface area contributed by atoms with Gasteiger partial charge in [-0.1, -0.05) is 33.3 Å². The van der Waals surface area contributed by atoms with E-state index < -0.39 is 41.9 Å². The van der Waals surface area contributed by atoms with E-state index in [1.165, 1.54) is 25.2 Å². The maximum atomic E-state index is 17.0. The van der Waals surface area contributed by atoms with E-state index in [2.05, 4.69) is 50.3 Å². The highest BCUT2D eigenvalue weighted by Gasteiger charge is 2.43. The summed E-state index contributed by atoms with van der Waals surface area (Å²) >= 11 is 1.69. The zero-order chi connectivity index (χ0) is 51.3. The summed E-state index contributed by atoms with van der Waals surface area (Å²) in [6, 6.07) is 13.5. The minimum Gasteiger partial charge on any atom is -0.464 e. The molecule has 3 saturated heterocycles. The Kier molecular flexibility index (Phi) is 13.9. The molecule has 19 heteroatoms. The van der Waals surface area contributed by atoms with Crippen LogP contribution in [0.2, 0.25) is 0 Å². The van der Waals surface area contributed by atoms with Gasteiger partial charge in [-0.15, -0.1) is 11.3 Å². The molecule has 0 radical (unpaired) electrons. The molecular formula is C54H64FN9O8S. The Morgan fingerprint density at radius 1 is 0.863 bits per heavy atom. The first kappa shape index (κ1) is 49.8. The maximum absolute atomic E-state index is 17.0. The average Bonchev–Trinajstić information content (AvgIpc) is 4.24. The van der Waals surface area contributed by atoms with Crippen LogP contribution < -0.4 is 15.4 Å². The summed E-state index contributed by atoms with van der Waals surface area (Å²) in [4.78, 5) is 75.3. The van der Waals surface area contributed by atoms with Crippen molar-refractivity contribution in [3.05, 3.63) is 88.1 Å². The van der Waals surface area contributed by atoms with Gasteiger partial charge in [0.05, 0.1) is 77.3 Å². The summed E-state index contributed by atoms with van der Waals surface area (Å²) in [5.74, 6) is 0.478. The Balaban J connectivity index is 0.950. The minimum absolute atomic E-state index is 0.129. The number of thiophene rings is 1. The zero-order valence-corrected chi connectivity index (χ0v) is 43.2. The van der Waals surface area contributed by atoms with Gasteiger partial charge in [-0.3, -0.25) is 14.2 Å². The van der Waals surface area contributed by atoms with Crippen LogP contribution in [0.25, 0.3) is 44.7 Å². The molecule has 4 aliphatic rings. The second-order valence-electron chi connectivity index (χ2n) is 20.6. The third kappa shape index (κ3) is 9.68. The van der Waals surface area contributed by atoms with Crippen LogP contribution in [0.3, 0.4) is 0 Å². The van der Waals surface area contributed by atoms with Crippen molar-refractivity contribution in [2.75, 3.05) is 33.9 Å². The molecule has 10 rings (SSSR count). The number of nitrogens with zero attached hydrogens (tertiary/aromatic N) is 5. The number of carbonyl (C=O) groups excluding carboxylic acids is 4. The van der Waals surface area contributed by atoms with Gasteiger partial charge in [0, 0.05) is 41.1 Å². The van der Waals surface area contributed by atoms with E-state index in [0.29, 0.717) is 85.3 Å². The monoisotopic (exact) mass is 1020 g/mol. The molecule has 0 aliphatic carbocycles. The minimum atomic E-state index is -0.775. The number of hydrogen-bond acceptors (Lipinski definition) is 11. The smallest absolute Gasteiger partial charge is 0.407 e. The largest absolute Gasteiger partial charge is 0.464 e.